The Labute approximate surface area is 176 Å². The molecule has 2 aromatic rings. The van der Waals surface area contributed by atoms with Gasteiger partial charge in [-0.25, -0.2) is 0 Å². The van der Waals surface area contributed by atoms with Crippen molar-refractivity contribution in [3.05, 3.63) is 54.7 Å². The van der Waals surface area contributed by atoms with Gasteiger partial charge in [0, 0.05) is 11.8 Å². The van der Waals surface area contributed by atoms with Crippen LogP contribution in [0.15, 0.2) is 54.7 Å². The number of hydrogen-bond acceptors (Lipinski definition) is 7. The van der Waals surface area contributed by atoms with Crippen LogP contribution in [-0.2, 0) is 9.59 Å². The summed E-state index contributed by atoms with van der Waals surface area (Å²) in [6.45, 7) is 2.27. The summed E-state index contributed by atoms with van der Waals surface area (Å²) in [5, 5.41) is 34.6. The minimum Gasteiger partial charge on any atom is -0.547 e. The molecule has 1 heterocycles. The van der Waals surface area contributed by atoms with Crippen molar-refractivity contribution >= 4 is 49.7 Å². The molecule has 8 heteroatoms. The third-order valence-electron chi connectivity index (χ3n) is 2.42. The van der Waals surface area contributed by atoms with Gasteiger partial charge in [0.05, 0.1) is 29.8 Å². The number of carbonyl (C=O) groups excluding carboxylic acids is 2. The SMILES string of the molecule is CC(O)C(=O)[O-].CC(O)C(=O)[O-].[Ca+2].c1ccc(-c2ccccn2)cc1. The summed E-state index contributed by atoms with van der Waals surface area (Å²) in [5.74, 6) is -2.87. The standard InChI is InChI=1S/C11H9N.2C3H6O3.Ca/c1-2-6-10(7-3-1)11-8-4-5-9-12-11;2*1-2(4)3(5)6;/h1-9H;2*2,4H,1H3,(H,5,6);/q;;;+2/p-2. The summed E-state index contributed by atoms with van der Waals surface area (Å²) >= 11 is 0. The zero-order chi connectivity index (χ0) is 18.5. The van der Waals surface area contributed by atoms with E-state index in [1.165, 1.54) is 0 Å². The molecule has 0 aliphatic rings. The molecule has 1 aromatic heterocycles. The summed E-state index contributed by atoms with van der Waals surface area (Å²) in [5.41, 5.74) is 2.19. The van der Waals surface area contributed by atoms with Crippen LogP contribution < -0.4 is 10.2 Å². The largest absolute Gasteiger partial charge is 2.00 e. The maximum atomic E-state index is 9.34. The Balaban J connectivity index is 0. The average molecular weight is 373 g/mol. The maximum absolute atomic E-state index is 9.34. The van der Waals surface area contributed by atoms with Gasteiger partial charge in [-0.3, -0.25) is 4.98 Å². The number of hydrogen-bond donors (Lipinski definition) is 2. The number of pyridine rings is 1. The minimum absolute atomic E-state index is 0. The number of benzene rings is 1. The van der Waals surface area contributed by atoms with Crippen molar-refractivity contribution in [1.29, 1.82) is 0 Å². The molecule has 0 amide bonds. The van der Waals surface area contributed by atoms with E-state index < -0.39 is 24.1 Å². The van der Waals surface area contributed by atoms with Crippen LogP contribution in [0.4, 0.5) is 0 Å². The van der Waals surface area contributed by atoms with Crippen molar-refractivity contribution in [2.24, 2.45) is 0 Å². The van der Waals surface area contributed by atoms with Crippen molar-refractivity contribution in [2.75, 3.05) is 0 Å². The van der Waals surface area contributed by atoms with Gasteiger partial charge in [-0.2, -0.15) is 0 Å². The molecule has 2 N–H and O–H groups in total. The Kier molecular flexibility index (Phi) is 15.2. The third-order valence-corrected chi connectivity index (χ3v) is 2.42. The molecule has 2 rings (SSSR count). The van der Waals surface area contributed by atoms with E-state index >= 15 is 0 Å². The van der Waals surface area contributed by atoms with Crippen LogP contribution in [0.1, 0.15) is 13.8 Å². The molecule has 0 saturated carbocycles. The summed E-state index contributed by atoms with van der Waals surface area (Å²) in [6, 6.07) is 16.1. The molecule has 2 atom stereocenters. The fraction of sp³-hybridized carbons (Fsp3) is 0.235. The topological polar surface area (TPSA) is 134 Å². The second kappa shape index (κ2) is 14.8. The van der Waals surface area contributed by atoms with Gasteiger partial charge < -0.3 is 30.0 Å². The monoisotopic (exact) mass is 373 g/mol. The molecular formula is C17H19CaNO6. The van der Waals surface area contributed by atoms with E-state index in [0.717, 1.165) is 25.1 Å². The van der Waals surface area contributed by atoms with E-state index in [4.69, 9.17) is 10.2 Å². The molecule has 130 valence electrons. The zero-order valence-electron chi connectivity index (χ0n) is 14.0. The Morgan fingerprint density at radius 1 is 0.880 bits per heavy atom. The zero-order valence-corrected chi connectivity index (χ0v) is 16.2. The van der Waals surface area contributed by atoms with Crippen molar-refractivity contribution in [1.82, 2.24) is 4.98 Å². The van der Waals surface area contributed by atoms with Gasteiger partial charge in [0.1, 0.15) is 0 Å². The van der Waals surface area contributed by atoms with Crippen molar-refractivity contribution in [3.8, 4) is 11.3 Å². The first-order chi connectivity index (χ1) is 11.3. The number of carboxylic acid groups (broad SMARTS) is 2. The third kappa shape index (κ3) is 13.5. The van der Waals surface area contributed by atoms with E-state index in [0.29, 0.717) is 0 Å². The number of carboxylic acids is 2. The Morgan fingerprint density at radius 3 is 1.60 bits per heavy atom. The van der Waals surface area contributed by atoms with Gasteiger partial charge in [-0.1, -0.05) is 36.4 Å². The predicted octanol–water partition coefficient (Wildman–Crippen LogP) is -1.40. The van der Waals surface area contributed by atoms with Crippen LogP contribution in [0.5, 0.6) is 0 Å². The van der Waals surface area contributed by atoms with Crippen LogP contribution in [0.25, 0.3) is 11.3 Å². The van der Waals surface area contributed by atoms with Crippen molar-refractivity contribution < 1.29 is 30.0 Å². The smallest absolute Gasteiger partial charge is 0.547 e. The Bertz CT molecular complexity index is 550. The molecule has 1 aromatic carbocycles. The van der Waals surface area contributed by atoms with Gasteiger partial charge in [-0.05, 0) is 26.0 Å². The van der Waals surface area contributed by atoms with Gasteiger partial charge in [0.2, 0.25) is 0 Å². The molecule has 0 spiro atoms. The molecule has 0 fully saturated rings. The number of nitrogens with zero attached hydrogens (tertiary/aromatic N) is 1. The number of aliphatic hydroxyl groups excluding tert-OH is 2. The minimum atomic E-state index is -1.44. The number of aliphatic carboxylic acids is 2. The predicted molar refractivity (Wildman–Crippen MR) is 88.8 cm³/mol. The normalized spacial score (nSPS) is 11.2. The van der Waals surface area contributed by atoms with E-state index in [9.17, 15) is 19.8 Å². The number of carbonyl (C=O) groups is 2. The first-order valence-electron chi connectivity index (χ1n) is 7.00. The summed E-state index contributed by atoms with van der Waals surface area (Å²) in [4.78, 5) is 22.9. The van der Waals surface area contributed by atoms with E-state index in [2.05, 4.69) is 17.1 Å². The van der Waals surface area contributed by atoms with E-state index in [-0.39, 0.29) is 37.7 Å². The number of aliphatic hydroxyl groups is 2. The molecule has 0 aliphatic carbocycles. The fourth-order valence-corrected chi connectivity index (χ4v) is 1.14. The van der Waals surface area contributed by atoms with Gasteiger partial charge in [0.25, 0.3) is 0 Å². The van der Waals surface area contributed by atoms with Gasteiger partial charge in [0.15, 0.2) is 0 Å². The molecule has 0 bridgehead atoms. The molecule has 0 saturated heterocycles. The summed E-state index contributed by atoms with van der Waals surface area (Å²) in [6.07, 6.45) is -0.877. The maximum Gasteiger partial charge on any atom is 2.00 e. The average Bonchev–Trinajstić information content (AvgIpc) is 2.57. The second-order valence-electron chi connectivity index (χ2n) is 4.57. The van der Waals surface area contributed by atoms with Crippen LogP contribution in [0.3, 0.4) is 0 Å². The van der Waals surface area contributed by atoms with Gasteiger partial charge >= 0.3 is 37.7 Å². The van der Waals surface area contributed by atoms with E-state index in [1.54, 1.807) is 0 Å². The van der Waals surface area contributed by atoms with Crippen LogP contribution >= 0.6 is 0 Å². The summed E-state index contributed by atoms with van der Waals surface area (Å²) in [7, 11) is 0. The molecule has 7 nitrogen and oxygen atoms in total. The van der Waals surface area contributed by atoms with Crippen LogP contribution in [0.2, 0.25) is 0 Å². The fourth-order valence-electron chi connectivity index (χ4n) is 1.14. The molecule has 25 heavy (non-hydrogen) atoms. The van der Waals surface area contributed by atoms with Crippen LogP contribution in [-0.4, -0.2) is 77.1 Å². The number of rotatable bonds is 3. The van der Waals surface area contributed by atoms with Gasteiger partial charge in [-0.15, -0.1) is 0 Å². The Morgan fingerprint density at radius 2 is 1.28 bits per heavy atom. The van der Waals surface area contributed by atoms with E-state index in [1.807, 2.05) is 42.6 Å². The first kappa shape index (κ1) is 25.7. The quantitative estimate of drug-likeness (QED) is 0.632. The molecule has 2 unspecified atom stereocenters. The second-order valence-corrected chi connectivity index (χ2v) is 4.57. The first-order valence-corrected chi connectivity index (χ1v) is 7.00. The van der Waals surface area contributed by atoms with Crippen molar-refractivity contribution in [2.45, 2.75) is 26.1 Å². The van der Waals surface area contributed by atoms with Crippen molar-refractivity contribution in [3.63, 3.8) is 0 Å². The number of aromatic nitrogens is 1. The van der Waals surface area contributed by atoms with Crippen LogP contribution in [0, 0.1) is 0 Å². The molecule has 0 aliphatic heterocycles. The molecule has 0 radical (unpaired) electrons. The summed E-state index contributed by atoms with van der Waals surface area (Å²) < 4.78 is 0. The Hall–Kier alpha value is -1.51. The molecular weight excluding hydrogens is 354 g/mol.